The van der Waals surface area contributed by atoms with E-state index in [-0.39, 0.29) is 11.3 Å². The minimum absolute atomic E-state index is 0.149. The van der Waals surface area contributed by atoms with Gasteiger partial charge in [0.1, 0.15) is 0 Å². The van der Waals surface area contributed by atoms with Crippen LogP contribution in [0, 0.1) is 0 Å². The number of aryl methyl sites for hydroxylation is 1. The summed E-state index contributed by atoms with van der Waals surface area (Å²) in [5.41, 5.74) is 1.86. The van der Waals surface area contributed by atoms with E-state index in [1.807, 2.05) is 55.5 Å². The summed E-state index contributed by atoms with van der Waals surface area (Å²) in [4.78, 5) is 12.6. The second-order valence-corrected chi connectivity index (χ2v) is 5.04. The molecule has 0 fully saturated rings. The van der Waals surface area contributed by atoms with Crippen molar-refractivity contribution in [1.29, 1.82) is 0 Å². The number of rotatable bonds is 3. The Kier molecular flexibility index (Phi) is 3.48. The van der Waals surface area contributed by atoms with Gasteiger partial charge in [-0.15, -0.1) is 0 Å². The average Bonchev–Trinajstić information content (AvgIpc) is 2.53. The molecule has 3 nitrogen and oxygen atoms in total. The molecule has 21 heavy (non-hydrogen) atoms. The van der Waals surface area contributed by atoms with Gasteiger partial charge in [-0.25, -0.2) is 0 Å². The van der Waals surface area contributed by atoms with Gasteiger partial charge in [0.05, 0.1) is 5.52 Å². The van der Waals surface area contributed by atoms with Crippen LogP contribution in [0.5, 0.6) is 5.75 Å². The van der Waals surface area contributed by atoms with E-state index in [1.165, 1.54) is 0 Å². The molecule has 106 valence electrons. The largest absolute Gasteiger partial charge is 0.872 e. The molecule has 0 atom stereocenters. The lowest BCUT2D eigenvalue weighted by atomic mass is 10.0. The van der Waals surface area contributed by atoms with E-state index in [9.17, 15) is 9.90 Å². The van der Waals surface area contributed by atoms with Crippen molar-refractivity contribution in [2.75, 3.05) is 0 Å². The number of para-hydroxylation sites is 1. The zero-order valence-corrected chi connectivity index (χ0v) is 11.9. The molecular formula is C18H16NO2-. The molecule has 0 saturated heterocycles. The molecule has 3 aromatic rings. The van der Waals surface area contributed by atoms with Crippen LogP contribution < -0.4 is 10.7 Å². The summed E-state index contributed by atoms with van der Waals surface area (Å²) in [5.74, 6) is -0.149. The zero-order chi connectivity index (χ0) is 14.8. The summed E-state index contributed by atoms with van der Waals surface area (Å²) in [6.45, 7) is 2.48. The van der Waals surface area contributed by atoms with E-state index in [4.69, 9.17) is 0 Å². The van der Waals surface area contributed by atoms with Gasteiger partial charge in [-0.3, -0.25) is 4.79 Å². The SMILES string of the molecule is CCn1c(=O)c(Cc2ccccc2)c([O-])c2ccccc21. The monoisotopic (exact) mass is 278 g/mol. The van der Waals surface area contributed by atoms with Crippen LogP contribution in [0.25, 0.3) is 10.9 Å². The second-order valence-electron chi connectivity index (χ2n) is 5.04. The minimum Gasteiger partial charge on any atom is -0.872 e. The standard InChI is InChI=1S/C18H17NO2/c1-2-19-16-11-7-6-10-14(16)17(20)15(18(19)21)12-13-8-4-3-5-9-13/h3-11,20H,2,12H2,1H3/p-1. The van der Waals surface area contributed by atoms with E-state index >= 15 is 0 Å². The lowest BCUT2D eigenvalue weighted by Crippen LogP contribution is -2.25. The predicted molar refractivity (Wildman–Crippen MR) is 82.6 cm³/mol. The Hall–Kier alpha value is -2.55. The van der Waals surface area contributed by atoms with Crippen LogP contribution in [0.3, 0.4) is 0 Å². The normalized spacial score (nSPS) is 10.9. The summed E-state index contributed by atoms with van der Waals surface area (Å²) < 4.78 is 1.68. The van der Waals surface area contributed by atoms with Gasteiger partial charge in [0.15, 0.2) is 0 Å². The third-order valence-corrected chi connectivity index (χ3v) is 3.76. The molecule has 0 unspecified atom stereocenters. The number of fused-ring (bicyclic) bond motifs is 1. The summed E-state index contributed by atoms with van der Waals surface area (Å²) in [7, 11) is 0. The van der Waals surface area contributed by atoms with E-state index < -0.39 is 0 Å². The fourth-order valence-electron chi connectivity index (χ4n) is 2.70. The van der Waals surface area contributed by atoms with Gasteiger partial charge in [-0.2, -0.15) is 0 Å². The molecule has 0 saturated carbocycles. The number of pyridine rings is 1. The Morgan fingerprint density at radius 2 is 1.67 bits per heavy atom. The molecule has 1 aromatic heterocycles. The van der Waals surface area contributed by atoms with Crippen molar-refractivity contribution in [1.82, 2.24) is 4.57 Å². The molecule has 0 aliphatic rings. The molecule has 0 bridgehead atoms. The van der Waals surface area contributed by atoms with E-state index in [0.29, 0.717) is 29.4 Å². The highest BCUT2D eigenvalue weighted by Gasteiger charge is 2.10. The summed E-state index contributed by atoms with van der Waals surface area (Å²) in [5, 5.41) is 13.2. The van der Waals surface area contributed by atoms with Gasteiger partial charge in [0.2, 0.25) is 0 Å². The lowest BCUT2D eigenvalue weighted by molar-refractivity contribution is -0.267. The first kappa shape index (κ1) is 13.4. The number of hydrogen-bond acceptors (Lipinski definition) is 2. The Balaban J connectivity index is 2.25. The number of nitrogens with zero attached hydrogens (tertiary/aromatic N) is 1. The van der Waals surface area contributed by atoms with E-state index in [1.54, 1.807) is 10.6 Å². The Morgan fingerprint density at radius 1 is 1.00 bits per heavy atom. The van der Waals surface area contributed by atoms with Crippen molar-refractivity contribution in [3.63, 3.8) is 0 Å². The molecule has 3 rings (SSSR count). The predicted octanol–water partition coefficient (Wildman–Crippen LogP) is 2.69. The second kappa shape index (κ2) is 5.44. The van der Waals surface area contributed by atoms with Crippen molar-refractivity contribution in [3.8, 4) is 5.75 Å². The smallest absolute Gasteiger partial charge is 0.253 e. The number of benzene rings is 2. The van der Waals surface area contributed by atoms with Crippen LogP contribution in [0.4, 0.5) is 0 Å². The Bertz CT molecular complexity index is 835. The fourth-order valence-corrected chi connectivity index (χ4v) is 2.70. The molecule has 3 heteroatoms. The highest BCUT2D eigenvalue weighted by atomic mass is 16.3. The van der Waals surface area contributed by atoms with Crippen LogP contribution in [-0.4, -0.2) is 4.57 Å². The summed E-state index contributed by atoms with van der Waals surface area (Å²) in [6, 6.07) is 16.9. The molecule has 0 aliphatic heterocycles. The van der Waals surface area contributed by atoms with Crippen molar-refractivity contribution in [2.45, 2.75) is 19.9 Å². The molecule has 1 heterocycles. The van der Waals surface area contributed by atoms with Gasteiger partial charge in [0, 0.05) is 18.5 Å². The van der Waals surface area contributed by atoms with Crippen LogP contribution in [0.15, 0.2) is 59.4 Å². The quantitative estimate of drug-likeness (QED) is 0.739. The van der Waals surface area contributed by atoms with Crippen LogP contribution in [0.2, 0.25) is 0 Å². The van der Waals surface area contributed by atoms with Gasteiger partial charge >= 0.3 is 0 Å². The summed E-state index contributed by atoms with van der Waals surface area (Å²) in [6.07, 6.45) is 0.378. The lowest BCUT2D eigenvalue weighted by Gasteiger charge is -2.20. The fraction of sp³-hybridized carbons (Fsp3) is 0.167. The first-order valence-corrected chi connectivity index (χ1v) is 7.07. The number of aromatic nitrogens is 1. The molecule has 0 radical (unpaired) electrons. The van der Waals surface area contributed by atoms with Gasteiger partial charge in [-0.1, -0.05) is 54.3 Å². The van der Waals surface area contributed by atoms with Crippen molar-refractivity contribution < 1.29 is 5.11 Å². The first-order valence-electron chi connectivity index (χ1n) is 7.07. The van der Waals surface area contributed by atoms with Crippen LogP contribution in [-0.2, 0) is 13.0 Å². The van der Waals surface area contributed by atoms with E-state index in [0.717, 1.165) is 5.56 Å². The summed E-state index contributed by atoms with van der Waals surface area (Å²) >= 11 is 0. The molecular weight excluding hydrogens is 262 g/mol. The maximum atomic E-state index is 12.6. The Labute approximate surface area is 123 Å². The maximum absolute atomic E-state index is 12.6. The van der Waals surface area contributed by atoms with Gasteiger partial charge < -0.3 is 9.67 Å². The third-order valence-electron chi connectivity index (χ3n) is 3.76. The highest BCUT2D eigenvalue weighted by Crippen LogP contribution is 2.25. The van der Waals surface area contributed by atoms with E-state index in [2.05, 4.69) is 0 Å². The van der Waals surface area contributed by atoms with Crippen molar-refractivity contribution in [3.05, 3.63) is 76.1 Å². The van der Waals surface area contributed by atoms with Crippen LogP contribution in [0.1, 0.15) is 18.1 Å². The molecule has 0 aliphatic carbocycles. The molecule has 2 aromatic carbocycles. The van der Waals surface area contributed by atoms with Gasteiger partial charge in [-0.05, 0) is 23.9 Å². The molecule has 0 amide bonds. The van der Waals surface area contributed by atoms with Crippen molar-refractivity contribution in [2.24, 2.45) is 0 Å². The Morgan fingerprint density at radius 3 is 2.38 bits per heavy atom. The van der Waals surface area contributed by atoms with Crippen molar-refractivity contribution >= 4 is 10.9 Å². The highest BCUT2D eigenvalue weighted by molar-refractivity contribution is 5.86. The first-order chi connectivity index (χ1) is 10.2. The maximum Gasteiger partial charge on any atom is 0.253 e. The third kappa shape index (κ3) is 2.31. The zero-order valence-electron chi connectivity index (χ0n) is 11.9. The molecule has 0 N–H and O–H groups in total. The van der Waals surface area contributed by atoms with Gasteiger partial charge in [0.25, 0.3) is 5.56 Å². The molecule has 0 spiro atoms. The topological polar surface area (TPSA) is 45.1 Å². The average molecular weight is 278 g/mol. The minimum atomic E-state index is -0.176. The number of hydrogen-bond donors (Lipinski definition) is 0. The van der Waals surface area contributed by atoms with Crippen LogP contribution >= 0.6 is 0 Å².